The second-order valence-corrected chi connectivity index (χ2v) is 3.75. The molecule has 1 heterocycles. The molecule has 0 saturated carbocycles. The molecule has 0 unspecified atom stereocenters. The number of rotatable bonds is 2. The maximum atomic E-state index is 11.0. The molecule has 0 spiro atoms. The maximum absolute atomic E-state index is 11.0. The van der Waals surface area contributed by atoms with E-state index >= 15 is 0 Å². The molecule has 5 nitrogen and oxygen atoms in total. The summed E-state index contributed by atoms with van der Waals surface area (Å²) < 4.78 is 0.889. The predicted molar refractivity (Wildman–Crippen MR) is 55.3 cm³/mol. The number of fused-ring (bicyclic) bond motifs is 1. The van der Waals surface area contributed by atoms with Crippen LogP contribution in [0.15, 0.2) is 28.1 Å². The van der Waals surface area contributed by atoms with Gasteiger partial charge in [-0.1, -0.05) is 22.5 Å². The standard InChI is InChI=1S/C8H6N4OS/c9-12-10-4-5-1-2-6-7(3-5)14-8(13)11-6/h1-3H,4H2,(H,11,13). The van der Waals surface area contributed by atoms with Gasteiger partial charge in [0.2, 0.25) is 0 Å². The van der Waals surface area contributed by atoms with Gasteiger partial charge in [-0.2, -0.15) is 0 Å². The van der Waals surface area contributed by atoms with E-state index in [1.165, 1.54) is 0 Å². The Labute approximate surface area is 82.6 Å². The van der Waals surface area contributed by atoms with E-state index in [1.54, 1.807) is 0 Å². The molecule has 0 amide bonds. The number of benzene rings is 1. The minimum Gasteiger partial charge on any atom is -0.312 e. The first-order valence-electron chi connectivity index (χ1n) is 3.92. The van der Waals surface area contributed by atoms with Crippen LogP contribution in [0.4, 0.5) is 0 Å². The average Bonchev–Trinajstić information content (AvgIpc) is 2.54. The molecule has 0 radical (unpaired) electrons. The summed E-state index contributed by atoms with van der Waals surface area (Å²) in [5, 5.41) is 3.45. The molecular weight excluding hydrogens is 200 g/mol. The summed E-state index contributed by atoms with van der Waals surface area (Å²) in [6.07, 6.45) is 0. The van der Waals surface area contributed by atoms with Gasteiger partial charge in [0, 0.05) is 4.91 Å². The Hall–Kier alpha value is -1.78. The van der Waals surface area contributed by atoms with Gasteiger partial charge >= 0.3 is 4.87 Å². The summed E-state index contributed by atoms with van der Waals surface area (Å²) in [5.41, 5.74) is 9.88. The summed E-state index contributed by atoms with van der Waals surface area (Å²) in [6, 6.07) is 5.50. The van der Waals surface area contributed by atoms with Gasteiger partial charge in [0.15, 0.2) is 0 Å². The molecule has 0 aliphatic rings. The largest absolute Gasteiger partial charge is 0.312 e. The third kappa shape index (κ3) is 1.61. The monoisotopic (exact) mass is 206 g/mol. The van der Waals surface area contributed by atoms with Crippen LogP contribution >= 0.6 is 11.3 Å². The third-order valence-corrected chi connectivity index (χ3v) is 2.65. The highest BCUT2D eigenvalue weighted by atomic mass is 32.1. The number of thiazole rings is 1. The number of hydrogen-bond donors (Lipinski definition) is 1. The Morgan fingerprint density at radius 1 is 1.57 bits per heavy atom. The van der Waals surface area contributed by atoms with Gasteiger partial charge in [0.05, 0.1) is 16.8 Å². The van der Waals surface area contributed by atoms with Crippen molar-refractivity contribution in [2.45, 2.75) is 6.54 Å². The fourth-order valence-corrected chi connectivity index (χ4v) is 2.00. The van der Waals surface area contributed by atoms with E-state index in [2.05, 4.69) is 15.0 Å². The van der Waals surface area contributed by atoms with Crippen LogP contribution in [0.5, 0.6) is 0 Å². The number of aromatic nitrogens is 1. The Kier molecular flexibility index (Phi) is 2.22. The van der Waals surface area contributed by atoms with Crippen LogP contribution in [-0.2, 0) is 6.54 Å². The summed E-state index contributed by atoms with van der Waals surface area (Å²) in [5.74, 6) is 0. The molecule has 0 saturated heterocycles. The predicted octanol–water partition coefficient (Wildman–Crippen LogP) is 2.40. The minimum atomic E-state index is -0.0686. The van der Waals surface area contributed by atoms with Crippen LogP contribution in [0.2, 0.25) is 0 Å². The molecule has 1 aromatic heterocycles. The van der Waals surface area contributed by atoms with Crippen molar-refractivity contribution in [2.75, 3.05) is 0 Å². The Morgan fingerprint density at radius 3 is 3.21 bits per heavy atom. The lowest BCUT2D eigenvalue weighted by atomic mass is 10.2. The first-order valence-corrected chi connectivity index (χ1v) is 4.74. The van der Waals surface area contributed by atoms with Crippen LogP contribution in [-0.4, -0.2) is 4.98 Å². The fourth-order valence-electron chi connectivity index (χ4n) is 1.20. The topological polar surface area (TPSA) is 81.6 Å². The molecule has 1 aromatic carbocycles. The van der Waals surface area contributed by atoms with E-state index in [9.17, 15) is 4.79 Å². The zero-order valence-electron chi connectivity index (χ0n) is 7.10. The number of nitrogens with one attached hydrogen (secondary N) is 1. The molecule has 2 rings (SSSR count). The summed E-state index contributed by atoms with van der Waals surface area (Å²) in [7, 11) is 0. The highest BCUT2D eigenvalue weighted by Gasteiger charge is 1.99. The molecule has 0 atom stereocenters. The molecule has 6 heteroatoms. The van der Waals surface area contributed by atoms with Crippen molar-refractivity contribution < 1.29 is 0 Å². The van der Waals surface area contributed by atoms with Crippen molar-refractivity contribution in [1.29, 1.82) is 0 Å². The van der Waals surface area contributed by atoms with Crippen molar-refractivity contribution in [3.63, 3.8) is 0 Å². The van der Waals surface area contributed by atoms with Crippen molar-refractivity contribution in [2.24, 2.45) is 5.11 Å². The van der Waals surface area contributed by atoms with Gasteiger partial charge in [-0.15, -0.1) is 0 Å². The average molecular weight is 206 g/mol. The van der Waals surface area contributed by atoms with Gasteiger partial charge in [-0.3, -0.25) is 4.79 Å². The molecule has 1 N–H and O–H groups in total. The van der Waals surface area contributed by atoms with E-state index in [1.807, 2.05) is 18.2 Å². The number of aromatic amines is 1. The second-order valence-electron chi connectivity index (χ2n) is 2.73. The SMILES string of the molecule is [N-]=[N+]=NCc1ccc2[nH]c(=O)sc2c1. The van der Waals surface area contributed by atoms with Crippen molar-refractivity contribution in [3.05, 3.63) is 43.9 Å². The zero-order chi connectivity index (χ0) is 9.97. The van der Waals surface area contributed by atoms with E-state index < -0.39 is 0 Å². The van der Waals surface area contributed by atoms with Crippen molar-refractivity contribution in [3.8, 4) is 0 Å². The molecule has 0 fully saturated rings. The maximum Gasteiger partial charge on any atom is 0.305 e. The highest BCUT2D eigenvalue weighted by molar-refractivity contribution is 7.16. The van der Waals surface area contributed by atoms with Gasteiger partial charge in [0.1, 0.15) is 0 Å². The first kappa shape index (κ1) is 8.80. The number of H-pyrrole nitrogens is 1. The summed E-state index contributed by atoms with van der Waals surface area (Å²) >= 11 is 1.15. The van der Waals surface area contributed by atoms with E-state index in [4.69, 9.17) is 5.53 Å². The molecule has 2 aromatic rings. The highest BCUT2D eigenvalue weighted by Crippen LogP contribution is 2.16. The van der Waals surface area contributed by atoms with Crippen LogP contribution < -0.4 is 4.87 Å². The molecule has 70 valence electrons. The lowest BCUT2D eigenvalue weighted by Crippen LogP contribution is -1.89. The quantitative estimate of drug-likeness (QED) is 0.457. The molecule has 0 bridgehead atoms. The second kappa shape index (κ2) is 3.53. The van der Waals surface area contributed by atoms with Gasteiger partial charge in [0.25, 0.3) is 0 Å². The number of nitrogens with zero attached hydrogens (tertiary/aromatic N) is 3. The van der Waals surface area contributed by atoms with Gasteiger partial charge in [-0.25, -0.2) is 0 Å². The van der Waals surface area contributed by atoms with E-state index in [0.29, 0.717) is 6.54 Å². The lowest BCUT2D eigenvalue weighted by molar-refractivity contribution is 1.05. The number of azide groups is 1. The van der Waals surface area contributed by atoms with Crippen molar-refractivity contribution >= 4 is 21.6 Å². The van der Waals surface area contributed by atoms with Crippen LogP contribution in [0.1, 0.15) is 5.56 Å². The molecule has 14 heavy (non-hydrogen) atoms. The Balaban J connectivity index is 2.50. The fraction of sp³-hybridized carbons (Fsp3) is 0.125. The van der Waals surface area contributed by atoms with Crippen LogP contribution in [0.3, 0.4) is 0 Å². The molecule has 0 aliphatic heterocycles. The third-order valence-electron chi connectivity index (χ3n) is 1.80. The smallest absolute Gasteiger partial charge is 0.305 e. The summed E-state index contributed by atoms with van der Waals surface area (Å²) in [4.78, 5) is 16.3. The lowest BCUT2D eigenvalue weighted by Gasteiger charge is -1.94. The molecule has 0 aliphatic carbocycles. The number of hydrogen-bond acceptors (Lipinski definition) is 3. The van der Waals surface area contributed by atoms with E-state index in [-0.39, 0.29) is 4.87 Å². The Morgan fingerprint density at radius 2 is 2.43 bits per heavy atom. The van der Waals surface area contributed by atoms with Crippen LogP contribution in [0, 0.1) is 0 Å². The first-order chi connectivity index (χ1) is 6.79. The Bertz CT molecular complexity index is 564. The van der Waals surface area contributed by atoms with Crippen molar-refractivity contribution in [1.82, 2.24) is 4.98 Å². The van der Waals surface area contributed by atoms with Crippen LogP contribution in [0.25, 0.3) is 20.7 Å². The minimum absolute atomic E-state index is 0.0686. The molecular formula is C8H6N4OS. The normalized spacial score (nSPS) is 10.0. The summed E-state index contributed by atoms with van der Waals surface area (Å²) in [6.45, 7) is 0.318. The zero-order valence-corrected chi connectivity index (χ0v) is 7.91. The van der Waals surface area contributed by atoms with Gasteiger partial charge < -0.3 is 4.98 Å². The van der Waals surface area contributed by atoms with Gasteiger partial charge in [-0.05, 0) is 23.2 Å². The van der Waals surface area contributed by atoms with E-state index in [0.717, 1.165) is 27.1 Å².